The van der Waals surface area contributed by atoms with Gasteiger partial charge in [-0.15, -0.1) is 0 Å². The quantitative estimate of drug-likeness (QED) is 0.551. The fraction of sp³-hybridized carbons (Fsp3) is 0.421. The smallest absolute Gasteiger partial charge is 0.243 e. The number of rotatable bonds is 8. The van der Waals surface area contributed by atoms with Crippen molar-refractivity contribution in [1.82, 2.24) is 10.0 Å². The number of nitrogens with one attached hydrogen (secondary N) is 2. The molecule has 1 amide bonds. The summed E-state index contributed by atoms with van der Waals surface area (Å²) >= 11 is 0. The average molecular weight is 362 g/mol. The third-order valence-electron chi connectivity index (χ3n) is 4.17. The summed E-state index contributed by atoms with van der Waals surface area (Å²) in [4.78, 5) is 11.8. The molecule has 0 atom stereocenters. The molecule has 1 aliphatic carbocycles. The third-order valence-corrected chi connectivity index (χ3v) is 5.71. The second-order valence-electron chi connectivity index (χ2n) is 6.17. The Morgan fingerprint density at radius 1 is 1.16 bits per heavy atom. The van der Waals surface area contributed by atoms with Crippen molar-refractivity contribution in [1.29, 1.82) is 0 Å². The van der Waals surface area contributed by atoms with Crippen molar-refractivity contribution < 1.29 is 13.2 Å². The van der Waals surface area contributed by atoms with Gasteiger partial charge in [0.05, 0.1) is 4.90 Å². The van der Waals surface area contributed by atoms with Crippen LogP contribution in [-0.4, -0.2) is 26.9 Å². The SMILES string of the molecule is C/C=C/C=C/C(=O)NCCc1ccc(S(=O)(=O)NC2CCCC2)cc1. The molecule has 25 heavy (non-hydrogen) atoms. The van der Waals surface area contributed by atoms with Gasteiger partial charge < -0.3 is 5.32 Å². The molecule has 0 unspecified atom stereocenters. The maximum absolute atomic E-state index is 12.3. The molecule has 5 nitrogen and oxygen atoms in total. The number of carbonyl (C=O) groups is 1. The van der Waals surface area contributed by atoms with Gasteiger partial charge in [0, 0.05) is 18.7 Å². The van der Waals surface area contributed by atoms with Gasteiger partial charge in [-0.05, 0) is 43.9 Å². The zero-order valence-electron chi connectivity index (χ0n) is 14.6. The largest absolute Gasteiger partial charge is 0.352 e. The highest BCUT2D eigenvalue weighted by Gasteiger charge is 2.22. The molecule has 0 bridgehead atoms. The first kappa shape index (κ1) is 19.4. The first-order chi connectivity index (χ1) is 12.0. The zero-order valence-corrected chi connectivity index (χ0v) is 15.4. The molecule has 136 valence electrons. The summed E-state index contributed by atoms with van der Waals surface area (Å²) in [6.45, 7) is 2.39. The Morgan fingerprint density at radius 3 is 2.48 bits per heavy atom. The van der Waals surface area contributed by atoms with E-state index in [2.05, 4.69) is 10.0 Å². The van der Waals surface area contributed by atoms with Gasteiger partial charge in [0.1, 0.15) is 0 Å². The van der Waals surface area contributed by atoms with Gasteiger partial charge in [0.25, 0.3) is 0 Å². The molecule has 0 saturated heterocycles. The van der Waals surface area contributed by atoms with Crippen LogP contribution in [-0.2, 0) is 21.2 Å². The van der Waals surface area contributed by atoms with Gasteiger partial charge >= 0.3 is 0 Å². The summed E-state index contributed by atoms with van der Waals surface area (Å²) in [5.41, 5.74) is 0.984. The third kappa shape index (κ3) is 6.48. The molecule has 0 aliphatic heterocycles. The van der Waals surface area contributed by atoms with Crippen molar-refractivity contribution >= 4 is 15.9 Å². The minimum atomic E-state index is -3.44. The summed E-state index contributed by atoms with van der Waals surface area (Å²) in [5, 5.41) is 2.79. The van der Waals surface area contributed by atoms with Crippen molar-refractivity contribution in [3.8, 4) is 0 Å². The lowest BCUT2D eigenvalue weighted by Gasteiger charge is -2.12. The summed E-state index contributed by atoms with van der Waals surface area (Å²) in [6.07, 6.45) is 11.5. The van der Waals surface area contributed by atoms with E-state index in [4.69, 9.17) is 0 Å². The average Bonchev–Trinajstić information content (AvgIpc) is 3.08. The lowest BCUT2D eigenvalue weighted by atomic mass is 10.1. The van der Waals surface area contributed by atoms with Crippen LogP contribution < -0.4 is 10.0 Å². The standard InChI is InChI=1S/C19H26N2O3S/c1-2-3-4-9-19(22)20-15-14-16-10-12-18(13-11-16)25(23,24)21-17-7-5-6-8-17/h2-4,9-13,17,21H,5-8,14-15H2,1H3,(H,20,22)/b3-2+,9-4+. The molecule has 2 N–H and O–H groups in total. The van der Waals surface area contributed by atoms with E-state index in [-0.39, 0.29) is 11.9 Å². The molecule has 1 aromatic rings. The molecular weight excluding hydrogens is 336 g/mol. The van der Waals surface area contributed by atoms with Gasteiger partial charge in [0.15, 0.2) is 0 Å². The Hall–Kier alpha value is -1.92. The number of sulfonamides is 1. The van der Waals surface area contributed by atoms with Crippen LogP contribution in [0.3, 0.4) is 0 Å². The summed E-state index contributed by atoms with van der Waals surface area (Å²) < 4.78 is 27.5. The van der Waals surface area contributed by atoms with Crippen LogP contribution in [0.15, 0.2) is 53.5 Å². The molecule has 0 heterocycles. The maximum atomic E-state index is 12.3. The monoisotopic (exact) mass is 362 g/mol. The van der Waals surface area contributed by atoms with Crippen molar-refractivity contribution in [3.63, 3.8) is 0 Å². The second-order valence-corrected chi connectivity index (χ2v) is 7.89. The van der Waals surface area contributed by atoms with E-state index >= 15 is 0 Å². The van der Waals surface area contributed by atoms with E-state index in [1.165, 1.54) is 6.08 Å². The van der Waals surface area contributed by atoms with E-state index in [9.17, 15) is 13.2 Å². The first-order valence-electron chi connectivity index (χ1n) is 8.70. The van der Waals surface area contributed by atoms with E-state index in [0.717, 1.165) is 31.2 Å². The number of hydrogen-bond donors (Lipinski definition) is 2. The van der Waals surface area contributed by atoms with Crippen molar-refractivity contribution in [2.45, 2.75) is 50.0 Å². The van der Waals surface area contributed by atoms with Crippen LogP contribution in [0.25, 0.3) is 0 Å². The van der Waals surface area contributed by atoms with Gasteiger partial charge in [0.2, 0.25) is 15.9 Å². The highest BCUT2D eigenvalue weighted by Crippen LogP contribution is 2.20. The topological polar surface area (TPSA) is 75.3 Å². The molecule has 1 saturated carbocycles. The zero-order chi connectivity index (χ0) is 18.1. The van der Waals surface area contributed by atoms with E-state index < -0.39 is 10.0 Å². The van der Waals surface area contributed by atoms with Crippen LogP contribution in [0.4, 0.5) is 0 Å². The summed E-state index contributed by atoms with van der Waals surface area (Å²) in [6, 6.07) is 6.91. The summed E-state index contributed by atoms with van der Waals surface area (Å²) in [7, 11) is -3.44. The van der Waals surface area contributed by atoms with Gasteiger partial charge in [-0.2, -0.15) is 0 Å². The minimum absolute atomic E-state index is 0.0653. The predicted molar refractivity (Wildman–Crippen MR) is 99.7 cm³/mol. The first-order valence-corrected chi connectivity index (χ1v) is 10.2. The molecule has 0 aromatic heterocycles. The predicted octanol–water partition coefficient (Wildman–Crippen LogP) is 2.70. The lowest BCUT2D eigenvalue weighted by molar-refractivity contribution is -0.116. The fourth-order valence-electron chi connectivity index (χ4n) is 2.81. The van der Waals surface area contributed by atoms with Crippen molar-refractivity contribution in [2.24, 2.45) is 0 Å². The Bertz CT molecular complexity index is 716. The molecule has 0 spiro atoms. The Labute approximate surface area is 150 Å². The van der Waals surface area contributed by atoms with Crippen LogP contribution in [0.5, 0.6) is 0 Å². The van der Waals surface area contributed by atoms with Crippen molar-refractivity contribution in [2.75, 3.05) is 6.54 Å². The molecule has 2 rings (SSSR count). The number of amides is 1. The minimum Gasteiger partial charge on any atom is -0.352 e. The van der Waals surface area contributed by atoms with Crippen molar-refractivity contribution in [3.05, 3.63) is 54.1 Å². The Morgan fingerprint density at radius 2 is 1.84 bits per heavy atom. The number of carbonyl (C=O) groups excluding carboxylic acids is 1. The highest BCUT2D eigenvalue weighted by molar-refractivity contribution is 7.89. The van der Waals surface area contributed by atoms with Crippen LogP contribution in [0, 0.1) is 0 Å². The number of allylic oxidation sites excluding steroid dienone is 3. The Balaban J connectivity index is 1.83. The van der Waals surface area contributed by atoms with E-state index in [1.807, 2.05) is 13.0 Å². The van der Waals surface area contributed by atoms with E-state index in [0.29, 0.717) is 17.9 Å². The molecule has 1 fully saturated rings. The number of hydrogen-bond acceptors (Lipinski definition) is 3. The van der Waals surface area contributed by atoms with E-state index in [1.54, 1.807) is 36.4 Å². The molecule has 1 aromatic carbocycles. The molecule has 6 heteroatoms. The van der Waals surface area contributed by atoms with Gasteiger partial charge in [-0.25, -0.2) is 13.1 Å². The summed E-state index contributed by atoms with van der Waals surface area (Å²) in [5.74, 6) is -0.141. The molecular formula is C19H26N2O3S. The lowest BCUT2D eigenvalue weighted by Crippen LogP contribution is -2.32. The second kappa shape index (κ2) is 9.53. The van der Waals surface area contributed by atoms with Crippen LogP contribution in [0.2, 0.25) is 0 Å². The molecule has 1 aliphatic rings. The fourth-order valence-corrected chi connectivity index (χ4v) is 4.11. The molecule has 0 radical (unpaired) electrons. The highest BCUT2D eigenvalue weighted by atomic mass is 32.2. The van der Waals surface area contributed by atoms with Crippen LogP contribution in [0.1, 0.15) is 38.2 Å². The number of benzene rings is 1. The maximum Gasteiger partial charge on any atom is 0.243 e. The van der Waals surface area contributed by atoms with Gasteiger partial charge in [-0.1, -0.05) is 43.2 Å². The van der Waals surface area contributed by atoms with Crippen LogP contribution >= 0.6 is 0 Å². The van der Waals surface area contributed by atoms with Gasteiger partial charge in [-0.3, -0.25) is 4.79 Å². The normalized spacial score (nSPS) is 16.0. The Kier molecular flexibility index (Phi) is 7.40.